The van der Waals surface area contributed by atoms with Crippen molar-refractivity contribution in [1.29, 1.82) is 0 Å². The molecule has 1 aromatic carbocycles. The zero-order valence-corrected chi connectivity index (χ0v) is 12.4. The molecule has 0 radical (unpaired) electrons. The predicted molar refractivity (Wildman–Crippen MR) is 81.0 cm³/mol. The van der Waals surface area contributed by atoms with Crippen molar-refractivity contribution >= 4 is 15.9 Å². The largest absolute Gasteiger partial charge is 0.497 e. The van der Waals surface area contributed by atoms with Crippen LogP contribution in [-0.4, -0.2) is 21.9 Å². The van der Waals surface area contributed by atoms with Gasteiger partial charge in [-0.15, -0.1) is 0 Å². The van der Waals surface area contributed by atoms with E-state index < -0.39 is 0 Å². The van der Waals surface area contributed by atoms with E-state index in [1.54, 1.807) is 19.5 Å². The molecule has 2 heterocycles. The molecule has 2 aromatic heterocycles. The maximum absolute atomic E-state index is 5.18. The van der Waals surface area contributed by atoms with Crippen molar-refractivity contribution in [3.8, 4) is 22.7 Å². The van der Waals surface area contributed by atoms with E-state index in [-0.39, 0.29) is 0 Å². The number of hydrogen-bond acceptors (Lipinski definition) is 3. The molecular formula is C15H12BrN3O. The highest BCUT2D eigenvalue weighted by Gasteiger charge is 2.10. The van der Waals surface area contributed by atoms with E-state index in [9.17, 15) is 0 Å². The molecule has 3 aromatic rings. The number of nitrogens with zero attached hydrogens (tertiary/aromatic N) is 3. The molecule has 0 aliphatic heterocycles. The Bertz CT molecular complexity index is 708. The number of methoxy groups -OCH3 is 1. The van der Waals surface area contributed by atoms with Crippen LogP contribution in [0.3, 0.4) is 0 Å². The highest BCUT2D eigenvalue weighted by atomic mass is 79.9. The molecule has 100 valence electrons. The summed E-state index contributed by atoms with van der Waals surface area (Å²) in [6.45, 7) is 0. The molecule has 0 N–H and O–H groups in total. The molecule has 0 unspecified atom stereocenters. The van der Waals surface area contributed by atoms with E-state index in [0.717, 1.165) is 27.3 Å². The summed E-state index contributed by atoms with van der Waals surface area (Å²) in [4.78, 5) is 4.04. The van der Waals surface area contributed by atoms with Crippen LogP contribution in [0.4, 0.5) is 0 Å². The number of halogens is 1. The first-order valence-corrected chi connectivity index (χ1v) is 6.87. The Balaban J connectivity index is 2.09. The monoisotopic (exact) mass is 329 g/mol. The molecule has 0 spiro atoms. The van der Waals surface area contributed by atoms with Crippen LogP contribution < -0.4 is 4.74 Å². The number of ether oxygens (including phenoxy) is 1. The third kappa shape index (κ3) is 2.44. The molecule has 4 nitrogen and oxygen atoms in total. The fourth-order valence-electron chi connectivity index (χ4n) is 2.00. The summed E-state index contributed by atoms with van der Waals surface area (Å²) in [5.41, 5.74) is 3.04. The van der Waals surface area contributed by atoms with Crippen LogP contribution in [0.5, 0.6) is 5.75 Å². The van der Waals surface area contributed by atoms with Gasteiger partial charge in [-0.05, 0) is 58.4 Å². The maximum Gasteiger partial charge on any atom is 0.129 e. The highest BCUT2D eigenvalue weighted by molar-refractivity contribution is 9.10. The van der Waals surface area contributed by atoms with Gasteiger partial charge in [0, 0.05) is 18.0 Å². The molecule has 0 aliphatic carbocycles. The smallest absolute Gasteiger partial charge is 0.129 e. The summed E-state index contributed by atoms with van der Waals surface area (Å²) in [7, 11) is 1.65. The lowest BCUT2D eigenvalue weighted by Gasteiger charge is -2.08. The fourth-order valence-corrected chi connectivity index (χ4v) is 2.38. The van der Waals surface area contributed by atoms with E-state index in [2.05, 4.69) is 26.0 Å². The van der Waals surface area contributed by atoms with E-state index in [1.807, 2.05) is 47.1 Å². The Morgan fingerprint density at radius 3 is 2.40 bits per heavy atom. The quantitative estimate of drug-likeness (QED) is 0.735. The Hall–Kier alpha value is -2.14. The van der Waals surface area contributed by atoms with Gasteiger partial charge in [0.05, 0.1) is 18.5 Å². The van der Waals surface area contributed by atoms with Crippen LogP contribution in [0.25, 0.3) is 16.9 Å². The molecule has 0 aliphatic rings. The van der Waals surface area contributed by atoms with Gasteiger partial charge in [-0.25, -0.2) is 4.68 Å². The van der Waals surface area contributed by atoms with Crippen LogP contribution >= 0.6 is 15.9 Å². The van der Waals surface area contributed by atoms with Gasteiger partial charge in [-0.3, -0.25) is 4.98 Å². The lowest BCUT2D eigenvalue weighted by Crippen LogP contribution is -1.99. The zero-order valence-electron chi connectivity index (χ0n) is 10.8. The second-order valence-electron chi connectivity index (χ2n) is 4.20. The first kappa shape index (κ1) is 12.9. The van der Waals surface area contributed by atoms with Crippen LogP contribution in [0.15, 0.2) is 59.5 Å². The molecular weight excluding hydrogens is 318 g/mol. The molecule has 0 amide bonds. The van der Waals surface area contributed by atoms with Crippen LogP contribution in [0.1, 0.15) is 0 Å². The minimum atomic E-state index is 0.792. The van der Waals surface area contributed by atoms with Gasteiger partial charge in [0.1, 0.15) is 10.4 Å². The van der Waals surface area contributed by atoms with Gasteiger partial charge in [0.2, 0.25) is 0 Å². The lowest BCUT2D eigenvalue weighted by molar-refractivity contribution is 0.414. The number of benzene rings is 1. The first-order valence-electron chi connectivity index (χ1n) is 6.08. The Morgan fingerprint density at radius 1 is 1.05 bits per heavy atom. The molecule has 0 saturated carbocycles. The van der Waals surface area contributed by atoms with Crippen molar-refractivity contribution < 1.29 is 4.74 Å². The van der Waals surface area contributed by atoms with Crippen molar-refractivity contribution in [2.45, 2.75) is 0 Å². The molecule has 3 rings (SSSR count). The van der Waals surface area contributed by atoms with Crippen molar-refractivity contribution in [1.82, 2.24) is 14.8 Å². The zero-order chi connectivity index (χ0) is 13.9. The van der Waals surface area contributed by atoms with Crippen molar-refractivity contribution in [2.24, 2.45) is 0 Å². The van der Waals surface area contributed by atoms with Crippen LogP contribution in [-0.2, 0) is 0 Å². The van der Waals surface area contributed by atoms with Crippen LogP contribution in [0.2, 0.25) is 0 Å². The summed E-state index contributed by atoms with van der Waals surface area (Å²) < 4.78 is 7.86. The maximum atomic E-state index is 5.18. The third-order valence-corrected chi connectivity index (χ3v) is 3.36. The minimum Gasteiger partial charge on any atom is -0.497 e. The van der Waals surface area contributed by atoms with Gasteiger partial charge >= 0.3 is 0 Å². The fraction of sp³-hybridized carbons (Fsp3) is 0.0667. The molecule has 0 atom stereocenters. The number of pyridine rings is 1. The summed E-state index contributed by atoms with van der Waals surface area (Å²) in [5, 5.41) is 4.48. The van der Waals surface area contributed by atoms with Gasteiger partial charge in [0.15, 0.2) is 0 Å². The van der Waals surface area contributed by atoms with Gasteiger partial charge in [0.25, 0.3) is 0 Å². The Labute approximate surface area is 125 Å². The predicted octanol–water partition coefficient (Wildman–Crippen LogP) is 3.71. The third-order valence-electron chi connectivity index (χ3n) is 2.97. The average molecular weight is 330 g/mol. The van der Waals surface area contributed by atoms with Crippen LogP contribution in [0, 0.1) is 0 Å². The standard InChI is InChI=1S/C15H12BrN3O/c1-20-13-4-2-12(3-5-13)19-14(10-15(16)18-19)11-6-8-17-9-7-11/h2-10H,1H3. The summed E-state index contributed by atoms with van der Waals surface area (Å²) in [5.74, 6) is 0.824. The number of hydrogen-bond donors (Lipinski definition) is 0. The van der Waals surface area contributed by atoms with Gasteiger partial charge in [-0.1, -0.05) is 0 Å². The second-order valence-corrected chi connectivity index (χ2v) is 5.01. The molecule has 0 saturated heterocycles. The molecule has 0 bridgehead atoms. The number of aromatic nitrogens is 3. The molecule has 0 fully saturated rings. The summed E-state index contributed by atoms with van der Waals surface area (Å²) >= 11 is 3.43. The van der Waals surface area contributed by atoms with Crippen molar-refractivity contribution in [3.05, 3.63) is 59.5 Å². The lowest BCUT2D eigenvalue weighted by atomic mass is 10.2. The topological polar surface area (TPSA) is 39.9 Å². The van der Waals surface area contributed by atoms with E-state index in [0.29, 0.717) is 0 Å². The summed E-state index contributed by atoms with van der Waals surface area (Å²) in [6, 6.07) is 13.7. The summed E-state index contributed by atoms with van der Waals surface area (Å²) in [6.07, 6.45) is 3.54. The minimum absolute atomic E-state index is 0.792. The molecule has 20 heavy (non-hydrogen) atoms. The highest BCUT2D eigenvalue weighted by Crippen LogP contribution is 2.26. The van der Waals surface area contributed by atoms with Gasteiger partial charge in [-0.2, -0.15) is 5.10 Å². The first-order chi connectivity index (χ1) is 9.78. The Kier molecular flexibility index (Phi) is 3.52. The molecule has 5 heteroatoms. The second kappa shape index (κ2) is 5.46. The SMILES string of the molecule is COc1ccc(-n2nc(Br)cc2-c2ccncc2)cc1. The number of rotatable bonds is 3. The van der Waals surface area contributed by atoms with Crippen molar-refractivity contribution in [3.63, 3.8) is 0 Å². The van der Waals surface area contributed by atoms with E-state index in [4.69, 9.17) is 4.74 Å². The Morgan fingerprint density at radius 2 is 1.75 bits per heavy atom. The van der Waals surface area contributed by atoms with Crippen molar-refractivity contribution in [2.75, 3.05) is 7.11 Å². The van der Waals surface area contributed by atoms with E-state index in [1.165, 1.54) is 0 Å². The normalized spacial score (nSPS) is 10.5. The van der Waals surface area contributed by atoms with E-state index >= 15 is 0 Å². The van der Waals surface area contributed by atoms with Gasteiger partial charge < -0.3 is 4.74 Å². The average Bonchev–Trinajstić information content (AvgIpc) is 2.90.